The van der Waals surface area contributed by atoms with Crippen LogP contribution in [0.1, 0.15) is 52.0 Å². The van der Waals surface area contributed by atoms with Crippen LogP contribution in [0.3, 0.4) is 0 Å². The van der Waals surface area contributed by atoms with Crippen molar-refractivity contribution in [3.63, 3.8) is 0 Å². The van der Waals surface area contributed by atoms with E-state index in [0.717, 1.165) is 24.1 Å². The fourth-order valence-electron chi connectivity index (χ4n) is 3.30. The van der Waals surface area contributed by atoms with Crippen LogP contribution in [0.25, 0.3) is 0 Å². The first-order valence-corrected chi connectivity index (χ1v) is 8.07. The molecule has 3 nitrogen and oxygen atoms in total. The van der Waals surface area contributed by atoms with Crippen molar-refractivity contribution in [2.45, 2.75) is 52.5 Å². The van der Waals surface area contributed by atoms with E-state index in [4.69, 9.17) is 9.73 Å². The maximum absolute atomic E-state index is 13.4. The molecule has 0 unspecified atom stereocenters. The minimum absolute atomic E-state index is 0.0835. The zero-order valence-electron chi connectivity index (χ0n) is 13.6. The molecule has 1 heterocycles. The summed E-state index contributed by atoms with van der Waals surface area (Å²) in [5, 5.41) is 0. The lowest BCUT2D eigenvalue weighted by Gasteiger charge is -2.33. The molecule has 22 heavy (non-hydrogen) atoms. The number of esters is 1. The second kappa shape index (κ2) is 7.03. The Bertz CT molecular complexity index is 564. The number of nitrogens with zero attached hydrogens (tertiary/aromatic N) is 1. The summed E-state index contributed by atoms with van der Waals surface area (Å²) in [5.74, 6) is -0.416. The van der Waals surface area contributed by atoms with Crippen LogP contribution >= 0.6 is 0 Å². The van der Waals surface area contributed by atoms with Gasteiger partial charge in [0.1, 0.15) is 5.82 Å². The normalized spacial score (nSPS) is 18.2. The van der Waals surface area contributed by atoms with Gasteiger partial charge in [-0.2, -0.15) is 0 Å². The van der Waals surface area contributed by atoms with Crippen molar-refractivity contribution in [1.29, 1.82) is 0 Å². The van der Waals surface area contributed by atoms with Crippen LogP contribution in [0.4, 0.5) is 4.39 Å². The van der Waals surface area contributed by atoms with Crippen molar-refractivity contribution in [3.05, 3.63) is 35.6 Å². The van der Waals surface area contributed by atoms with E-state index in [1.807, 2.05) is 26.8 Å². The summed E-state index contributed by atoms with van der Waals surface area (Å²) in [4.78, 5) is 17.2. The highest BCUT2D eigenvalue weighted by Gasteiger charge is 2.45. The maximum Gasteiger partial charge on any atom is 0.314 e. The molecular weight excluding hydrogens is 281 g/mol. The van der Waals surface area contributed by atoms with Crippen molar-refractivity contribution in [1.82, 2.24) is 0 Å². The van der Waals surface area contributed by atoms with Gasteiger partial charge in [-0.25, -0.2) is 4.39 Å². The van der Waals surface area contributed by atoms with E-state index in [9.17, 15) is 9.18 Å². The van der Waals surface area contributed by atoms with Crippen molar-refractivity contribution in [2.24, 2.45) is 10.4 Å². The predicted octanol–water partition coefficient (Wildman–Crippen LogP) is 4.15. The number of benzene rings is 1. The summed E-state index contributed by atoms with van der Waals surface area (Å²) < 4.78 is 18.7. The van der Waals surface area contributed by atoms with Gasteiger partial charge >= 0.3 is 5.97 Å². The fourth-order valence-corrected chi connectivity index (χ4v) is 3.30. The Morgan fingerprint density at radius 2 is 2.09 bits per heavy atom. The van der Waals surface area contributed by atoms with Crippen LogP contribution in [0.2, 0.25) is 0 Å². The minimum Gasteiger partial charge on any atom is -0.466 e. The molecule has 2 rings (SSSR count). The van der Waals surface area contributed by atoms with E-state index in [2.05, 4.69) is 0 Å². The molecule has 120 valence electrons. The molecule has 0 aliphatic carbocycles. The number of aliphatic imine (C=N–C) groups is 1. The van der Waals surface area contributed by atoms with Gasteiger partial charge in [0.2, 0.25) is 0 Å². The van der Waals surface area contributed by atoms with Gasteiger partial charge in [0, 0.05) is 5.71 Å². The molecular formula is C18H24FNO2. The molecule has 1 atom stereocenters. The van der Waals surface area contributed by atoms with E-state index in [1.54, 1.807) is 6.07 Å². The number of rotatable bonds is 6. The third kappa shape index (κ3) is 3.06. The van der Waals surface area contributed by atoms with Gasteiger partial charge in [0.25, 0.3) is 0 Å². The number of carbonyl (C=O) groups excluding carboxylic acids is 1. The van der Waals surface area contributed by atoms with E-state index in [1.165, 1.54) is 12.1 Å². The molecule has 0 bridgehead atoms. The van der Waals surface area contributed by atoms with Gasteiger partial charge in [-0.3, -0.25) is 9.79 Å². The fraction of sp³-hybridized carbons (Fsp3) is 0.556. The molecule has 1 aromatic rings. The Labute approximate surface area is 131 Å². The standard InChI is InChI=1S/C18H24FNO2/c1-4-18(5-2,17(21)22-6-3)16-11-10-15(20-16)13-8-7-9-14(19)12-13/h7-9,12,16H,4-6,10-11H2,1-3H3/t16-/m1/s1. The highest BCUT2D eigenvalue weighted by atomic mass is 19.1. The summed E-state index contributed by atoms with van der Waals surface area (Å²) in [6, 6.07) is 6.41. The zero-order chi connectivity index (χ0) is 16.2. The van der Waals surface area contributed by atoms with E-state index < -0.39 is 5.41 Å². The molecule has 0 saturated heterocycles. The summed E-state index contributed by atoms with van der Waals surface area (Å²) >= 11 is 0. The molecule has 0 spiro atoms. The first kappa shape index (κ1) is 16.7. The number of hydrogen-bond donors (Lipinski definition) is 0. The molecule has 4 heteroatoms. The highest BCUT2D eigenvalue weighted by molar-refractivity contribution is 6.02. The molecule has 0 N–H and O–H groups in total. The third-order valence-electron chi connectivity index (χ3n) is 4.71. The molecule has 0 fully saturated rings. The molecule has 0 aromatic heterocycles. The Hall–Kier alpha value is -1.71. The first-order valence-electron chi connectivity index (χ1n) is 8.07. The van der Waals surface area contributed by atoms with Crippen LogP contribution in [0, 0.1) is 11.2 Å². The first-order chi connectivity index (χ1) is 10.6. The van der Waals surface area contributed by atoms with E-state index in [-0.39, 0.29) is 17.8 Å². The van der Waals surface area contributed by atoms with Crippen LogP contribution < -0.4 is 0 Å². The van der Waals surface area contributed by atoms with Gasteiger partial charge in [0.15, 0.2) is 0 Å². The van der Waals surface area contributed by atoms with Crippen molar-refractivity contribution < 1.29 is 13.9 Å². The van der Waals surface area contributed by atoms with Crippen molar-refractivity contribution in [2.75, 3.05) is 6.61 Å². The largest absolute Gasteiger partial charge is 0.466 e. The van der Waals surface area contributed by atoms with Crippen LogP contribution in [-0.4, -0.2) is 24.3 Å². The Morgan fingerprint density at radius 1 is 1.36 bits per heavy atom. The molecule has 1 aliphatic heterocycles. The monoisotopic (exact) mass is 305 g/mol. The summed E-state index contributed by atoms with van der Waals surface area (Å²) in [7, 11) is 0. The van der Waals surface area contributed by atoms with Gasteiger partial charge in [-0.1, -0.05) is 26.0 Å². The zero-order valence-corrected chi connectivity index (χ0v) is 13.6. The Kier molecular flexibility index (Phi) is 5.33. The second-order valence-corrected chi connectivity index (χ2v) is 5.72. The van der Waals surface area contributed by atoms with Gasteiger partial charge in [0.05, 0.1) is 18.1 Å². The number of ether oxygens (including phenoxy) is 1. The quantitative estimate of drug-likeness (QED) is 0.741. The predicted molar refractivity (Wildman–Crippen MR) is 85.6 cm³/mol. The lowest BCUT2D eigenvalue weighted by Crippen LogP contribution is -2.41. The van der Waals surface area contributed by atoms with Crippen LogP contribution in [0.15, 0.2) is 29.3 Å². The lowest BCUT2D eigenvalue weighted by atomic mass is 9.74. The minimum atomic E-state index is -0.564. The van der Waals surface area contributed by atoms with E-state index >= 15 is 0 Å². The van der Waals surface area contributed by atoms with Crippen LogP contribution in [-0.2, 0) is 9.53 Å². The molecule has 1 aliphatic rings. The Morgan fingerprint density at radius 3 is 2.68 bits per heavy atom. The lowest BCUT2D eigenvalue weighted by molar-refractivity contribution is -0.157. The number of halogens is 1. The van der Waals surface area contributed by atoms with Gasteiger partial charge in [-0.15, -0.1) is 0 Å². The SMILES string of the molecule is CCOC(=O)C(CC)(CC)[C@H]1CCC(c2cccc(F)c2)=N1. The molecule has 1 aromatic carbocycles. The summed E-state index contributed by atoms with van der Waals surface area (Å²) in [5.41, 5.74) is 1.14. The smallest absolute Gasteiger partial charge is 0.314 e. The summed E-state index contributed by atoms with van der Waals surface area (Å²) in [6.07, 6.45) is 2.99. The van der Waals surface area contributed by atoms with Gasteiger partial charge < -0.3 is 4.74 Å². The van der Waals surface area contributed by atoms with Gasteiger partial charge in [-0.05, 0) is 50.3 Å². The molecule has 0 saturated carbocycles. The number of carbonyl (C=O) groups is 1. The topological polar surface area (TPSA) is 38.7 Å². The maximum atomic E-state index is 13.4. The number of hydrogen-bond acceptors (Lipinski definition) is 3. The van der Waals surface area contributed by atoms with Crippen LogP contribution in [0.5, 0.6) is 0 Å². The molecule has 0 radical (unpaired) electrons. The van der Waals surface area contributed by atoms with E-state index in [0.29, 0.717) is 19.4 Å². The molecule has 0 amide bonds. The highest BCUT2D eigenvalue weighted by Crippen LogP contribution is 2.40. The van der Waals surface area contributed by atoms with Crippen molar-refractivity contribution >= 4 is 11.7 Å². The summed E-state index contributed by atoms with van der Waals surface area (Å²) in [6.45, 7) is 6.23. The average Bonchev–Trinajstić information content (AvgIpc) is 3.00. The third-order valence-corrected chi connectivity index (χ3v) is 4.71. The van der Waals surface area contributed by atoms with Crippen molar-refractivity contribution in [3.8, 4) is 0 Å². The Balaban J connectivity index is 2.30. The second-order valence-electron chi connectivity index (χ2n) is 5.72. The average molecular weight is 305 g/mol.